The average Bonchev–Trinajstić information content (AvgIpc) is 3.09. The SMILES string of the molecule is Cl.Cl.Nc1nc2c(s1)CN(C(=O)C1CC3(CCNCC3)CN1)CC2. The number of hydrogen-bond donors (Lipinski definition) is 3. The molecule has 0 radical (unpaired) electrons. The van der Waals surface area contributed by atoms with Crippen LogP contribution >= 0.6 is 36.2 Å². The van der Waals surface area contributed by atoms with E-state index in [4.69, 9.17) is 5.73 Å². The number of carbonyl (C=O) groups is 1. The maximum atomic E-state index is 12.8. The number of hydrogen-bond acceptors (Lipinski definition) is 6. The molecule has 0 bridgehead atoms. The zero-order valence-corrected chi connectivity index (χ0v) is 16.0. The van der Waals surface area contributed by atoms with Crippen molar-refractivity contribution in [3.8, 4) is 0 Å². The highest BCUT2D eigenvalue weighted by Crippen LogP contribution is 2.38. The summed E-state index contributed by atoms with van der Waals surface area (Å²) in [6.07, 6.45) is 4.18. The van der Waals surface area contributed by atoms with Crippen molar-refractivity contribution in [3.63, 3.8) is 0 Å². The maximum absolute atomic E-state index is 12.8. The third-order valence-corrected chi connectivity index (χ3v) is 6.29. The molecule has 9 heteroatoms. The average molecular weight is 394 g/mol. The summed E-state index contributed by atoms with van der Waals surface area (Å²) in [4.78, 5) is 20.3. The Morgan fingerprint density at radius 1 is 1.33 bits per heavy atom. The van der Waals surface area contributed by atoms with Crippen molar-refractivity contribution in [1.29, 1.82) is 0 Å². The zero-order valence-electron chi connectivity index (χ0n) is 13.5. The van der Waals surface area contributed by atoms with E-state index in [-0.39, 0.29) is 36.8 Å². The fraction of sp³-hybridized carbons (Fsp3) is 0.733. The number of rotatable bonds is 1. The number of anilines is 1. The van der Waals surface area contributed by atoms with Gasteiger partial charge in [-0.25, -0.2) is 4.98 Å². The molecule has 4 rings (SSSR count). The van der Waals surface area contributed by atoms with Crippen molar-refractivity contribution < 1.29 is 4.79 Å². The van der Waals surface area contributed by atoms with Gasteiger partial charge in [0.2, 0.25) is 5.91 Å². The van der Waals surface area contributed by atoms with Crippen LogP contribution in [0.15, 0.2) is 0 Å². The maximum Gasteiger partial charge on any atom is 0.240 e. The van der Waals surface area contributed by atoms with Crippen LogP contribution in [0.2, 0.25) is 0 Å². The highest BCUT2D eigenvalue weighted by atomic mass is 35.5. The second-order valence-electron chi connectivity index (χ2n) is 6.82. The number of thiazole rings is 1. The van der Waals surface area contributed by atoms with Crippen molar-refractivity contribution >= 4 is 47.2 Å². The van der Waals surface area contributed by atoms with Gasteiger partial charge in [0, 0.05) is 24.4 Å². The molecule has 0 aliphatic carbocycles. The Kier molecular flexibility index (Phi) is 6.36. The molecule has 1 aromatic rings. The molecule has 6 nitrogen and oxygen atoms in total. The first-order valence-corrected chi connectivity index (χ1v) is 8.94. The highest BCUT2D eigenvalue weighted by Gasteiger charge is 2.43. The summed E-state index contributed by atoms with van der Waals surface area (Å²) >= 11 is 1.52. The molecular weight excluding hydrogens is 369 g/mol. The molecule has 1 aromatic heterocycles. The van der Waals surface area contributed by atoms with Crippen molar-refractivity contribution in [2.24, 2.45) is 5.41 Å². The first kappa shape index (κ1) is 19.7. The summed E-state index contributed by atoms with van der Waals surface area (Å²) < 4.78 is 0. The molecule has 4 heterocycles. The van der Waals surface area contributed by atoms with E-state index >= 15 is 0 Å². The van der Waals surface area contributed by atoms with Gasteiger partial charge in [0.25, 0.3) is 0 Å². The normalized spacial score (nSPS) is 24.8. The van der Waals surface area contributed by atoms with Gasteiger partial charge >= 0.3 is 0 Å². The van der Waals surface area contributed by atoms with Crippen molar-refractivity contribution in [2.45, 2.75) is 38.3 Å². The van der Waals surface area contributed by atoms with Crippen molar-refractivity contribution in [1.82, 2.24) is 20.5 Å². The fourth-order valence-corrected chi connectivity index (χ4v) is 4.95. The lowest BCUT2D eigenvalue weighted by Crippen LogP contribution is -2.45. The number of halogens is 2. The minimum absolute atomic E-state index is 0. The standard InChI is InChI=1S/C15H23N5OS.2ClH/c16-14-19-10-1-6-20(8-12(10)22-14)13(21)11-7-15(9-18-11)2-4-17-5-3-15;;/h11,17-18H,1-9H2,(H2,16,19);2*1H. The van der Waals surface area contributed by atoms with Gasteiger partial charge < -0.3 is 21.3 Å². The number of nitrogens with one attached hydrogen (secondary N) is 2. The first-order chi connectivity index (χ1) is 10.7. The van der Waals surface area contributed by atoms with Crippen LogP contribution in [0.5, 0.6) is 0 Å². The summed E-state index contributed by atoms with van der Waals surface area (Å²) in [5.74, 6) is 0.257. The second-order valence-corrected chi connectivity index (χ2v) is 7.93. The Morgan fingerprint density at radius 3 is 2.83 bits per heavy atom. The lowest BCUT2D eigenvalue weighted by molar-refractivity contribution is -0.134. The van der Waals surface area contributed by atoms with Crippen LogP contribution in [0.1, 0.15) is 29.8 Å². The summed E-state index contributed by atoms with van der Waals surface area (Å²) in [7, 11) is 0. The molecule has 24 heavy (non-hydrogen) atoms. The van der Waals surface area contributed by atoms with Gasteiger partial charge in [-0.2, -0.15) is 0 Å². The monoisotopic (exact) mass is 393 g/mol. The molecule has 1 amide bonds. The van der Waals surface area contributed by atoms with Gasteiger partial charge in [-0.3, -0.25) is 4.79 Å². The third-order valence-electron chi connectivity index (χ3n) is 5.38. The number of piperidine rings is 1. The molecular formula is C15H25Cl2N5OS. The fourth-order valence-electron chi connectivity index (χ4n) is 4.05. The van der Waals surface area contributed by atoms with Crippen molar-refractivity contribution in [3.05, 3.63) is 10.6 Å². The molecule has 1 unspecified atom stereocenters. The summed E-state index contributed by atoms with van der Waals surface area (Å²) in [6.45, 7) is 4.58. The van der Waals surface area contributed by atoms with Gasteiger partial charge in [0.05, 0.1) is 18.3 Å². The molecule has 2 fully saturated rings. The molecule has 2 saturated heterocycles. The Balaban J connectivity index is 0.00000104. The van der Waals surface area contributed by atoms with E-state index in [0.717, 1.165) is 49.6 Å². The molecule has 3 aliphatic heterocycles. The summed E-state index contributed by atoms with van der Waals surface area (Å²) in [5.41, 5.74) is 7.20. The van der Waals surface area contributed by atoms with Gasteiger partial charge in [-0.05, 0) is 37.8 Å². The first-order valence-electron chi connectivity index (χ1n) is 8.12. The van der Waals surface area contributed by atoms with Crippen LogP contribution in [-0.2, 0) is 17.8 Å². The van der Waals surface area contributed by atoms with E-state index in [0.29, 0.717) is 17.1 Å². The second kappa shape index (κ2) is 7.74. The van der Waals surface area contributed by atoms with Crippen molar-refractivity contribution in [2.75, 3.05) is 31.9 Å². The van der Waals surface area contributed by atoms with E-state index in [2.05, 4.69) is 15.6 Å². The van der Waals surface area contributed by atoms with E-state index in [1.165, 1.54) is 24.2 Å². The number of nitrogens with two attached hydrogens (primary N) is 1. The predicted octanol–water partition coefficient (Wildman–Crippen LogP) is 1.19. The zero-order chi connectivity index (χ0) is 15.2. The van der Waals surface area contributed by atoms with Gasteiger partial charge in [0.15, 0.2) is 5.13 Å². The number of amides is 1. The van der Waals surface area contributed by atoms with Crippen LogP contribution in [0.3, 0.4) is 0 Å². The van der Waals surface area contributed by atoms with Crippen LogP contribution in [-0.4, -0.2) is 48.0 Å². The van der Waals surface area contributed by atoms with Crippen LogP contribution < -0.4 is 16.4 Å². The summed E-state index contributed by atoms with van der Waals surface area (Å²) in [6, 6.07) is -0.00933. The highest BCUT2D eigenvalue weighted by molar-refractivity contribution is 7.15. The molecule has 136 valence electrons. The van der Waals surface area contributed by atoms with Crippen LogP contribution in [0.25, 0.3) is 0 Å². The number of nitrogens with zero attached hydrogens (tertiary/aromatic N) is 2. The number of carbonyl (C=O) groups excluding carboxylic acids is 1. The van der Waals surface area contributed by atoms with Gasteiger partial charge in [0.1, 0.15) is 0 Å². The quantitative estimate of drug-likeness (QED) is 0.667. The molecule has 1 spiro atoms. The Labute approximate surface area is 158 Å². The minimum atomic E-state index is -0.00933. The van der Waals surface area contributed by atoms with E-state index in [1.807, 2.05) is 4.90 Å². The number of fused-ring (bicyclic) bond motifs is 1. The minimum Gasteiger partial charge on any atom is -0.375 e. The van der Waals surface area contributed by atoms with E-state index in [9.17, 15) is 4.79 Å². The van der Waals surface area contributed by atoms with E-state index < -0.39 is 0 Å². The molecule has 4 N–H and O–H groups in total. The largest absolute Gasteiger partial charge is 0.375 e. The topological polar surface area (TPSA) is 83.3 Å². The number of aromatic nitrogens is 1. The molecule has 1 atom stereocenters. The Hall–Kier alpha value is -0.600. The van der Waals surface area contributed by atoms with Gasteiger partial charge in [-0.1, -0.05) is 0 Å². The molecule has 0 saturated carbocycles. The summed E-state index contributed by atoms with van der Waals surface area (Å²) in [5, 5.41) is 7.52. The Morgan fingerprint density at radius 2 is 2.08 bits per heavy atom. The lowest BCUT2D eigenvalue weighted by atomic mass is 9.77. The molecule has 0 aromatic carbocycles. The number of nitrogen functional groups attached to an aromatic ring is 1. The third kappa shape index (κ3) is 3.65. The predicted molar refractivity (Wildman–Crippen MR) is 101 cm³/mol. The lowest BCUT2D eigenvalue weighted by Gasteiger charge is -2.33. The molecule has 3 aliphatic rings. The van der Waals surface area contributed by atoms with Gasteiger partial charge in [-0.15, -0.1) is 36.2 Å². The van der Waals surface area contributed by atoms with Crippen LogP contribution in [0.4, 0.5) is 5.13 Å². The van der Waals surface area contributed by atoms with E-state index in [1.54, 1.807) is 0 Å². The van der Waals surface area contributed by atoms with Crippen LogP contribution in [0, 0.1) is 5.41 Å². The smallest absolute Gasteiger partial charge is 0.240 e. The Bertz CT molecular complexity index is 590.